The van der Waals surface area contributed by atoms with Crippen molar-refractivity contribution in [3.8, 4) is 0 Å². The molecule has 1 fully saturated rings. The van der Waals surface area contributed by atoms with Crippen LogP contribution in [0.1, 0.15) is 25.0 Å². The van der Waals surface area contributed by atoms with Crippen molar-refractivity contribution >= 4 is 18.1 Å². The van der Waals surface area contributed by atoms with Crippen molar-refractivity contribution in [2.75, 3.05) is 37.6 Å². The summed E-state index contributed by atoms with van der Waals surface area (Å²) in [5, 5.41) is 0. The quantitative estimate of drug-likeness (QED) is 0.931. The number of rotatable bonds is 3. The van der Waals surface area contributed by atoms with Crippen LogP contribution in [0.5, 0.6) is 0 Å². The van der Waals surface area contributed by atoms with E-state index in [1.165, 1.54) is 16.8 Å². The third-order valence-corrected chi connectivity index (χ3v) is 3.92. The lowest BCUT2D eigenvalue weighted by atomic mass is 10.0. The van der Waals surface area contributed by atoms with Gasteiger partial charge in [0, 0.05) is 44.0 Å². The van der Waals surface area contributed by atoms with E-state index < -0.39 is 0 Å². The van der Waals surface area contributed by atoms with E-state index in [0.717, 1.165) is 32.7 Å². The van der Waals surface area contributed by atoms with Crippen LogP contribution in [-0.2, 0) is 0 Å². The van der Waals surface area contributed by atoms with E-state index in [9.17, 15) is 0 Å². The largest absolute Gasteiger partial charge is 0.369 e. The minimum absolute atomic E-state index is 0. The van der Waals surface area contributed by atoms with Crippen LogP contribution in [0.4, 0.5) is 5.69 Å². The minimum Gasteiger partial charge on any atom is -0.369 e. The van der Waals surface area contributed by atoms with Gasteiger partial charge in [0.15, 0.2) is 0 Å². The number of hydrogen-bond donors (Lipinski definition) is 1. The van der Waals surface area contributed by atoms with Crippen LogP contribution in [0.2, 0.25) is 0 Å². The SMILES string of the molecule is Cc1cccc(N2CCN(CC(C)(C)N)CC2)c1C.Cl. The van der Waals surface area contributed by atoms with Gasteiger partial charge in [-0.25, -0.2) is 0 Å². The first-order chi connectivity index (χ1) is 8.87. The second-order valence-electron chi connectivity index (χ2n) is 6.47. The summed E-state index contributed by atoms with van der Waals surface area (Å²) in [7, 11) is 0. The van der Waals surface area contributed by atoms with Gasteiger partial charge in [0.1, 0.15) is 0 Å². The number of benzene rings is 1. The standard InChI is InChI=1S/C16H27N3.ClH/c1-13-6-5-7-15(14(13)2)19-10-8-18(9-11-19)12-16(3,4)17;/h5-7H,8-12,17H2,1-4H3;1H. The first-order valence-corrected chi connectivity index (χ1v) is 7.19. The van der Waals surface area contributed by atoms with Crippen LogP contribution >= 0.6 is 12.4 Å². The number of anilines is 1. The average Bonchev–Trinajstić information content (AvgIpc) is 2.32. The van der Waals surface area contributed by atoms with Crippen molar-refractivity contribution in [3.63, 3.8) is 0 Å². The molecule has 3 nitrogen and oxygen atoms in total. The number of aryl methyl sites for hydroxylation is 1. The molecule has 0 radical (unpaired) electrons. The summed E-state index contributed by atoms with van der Waals surface area (Å²) in [5.41, 5.74) is 10.2. The molecule has 20 heavy (non-hydrogen) atoms. The van der Waals surface area contributed by atoms with E-state index in [1.54, 1.807) is 0 Å². The Labute approximate surface area is 129 Å². The van der Waals surface area contributed by atoms with E-state index in [-0.39, 0.29) is 17.9 Å². The van der Waals surface area contributed by atoms with E-state index in [2.05, 4.69) is 55.7 Å². The first-order valence-electron chi connectivity index (χ1n) is 7.19. The van der Waals surface area contributed by atoms with Crippen molar-refractivity contribution < 1.29 is 0 Å². The minimum atomic E-state index is -0.0958. The molecule has 2 rings (SSSR count). The molecule has 1 aliphatic heterocycles. The van der Waals surface area contributed by atoms with Crippen LogP contribution in [0, 0.1) is 13.8 Å². The lowest BCUT2D eigenvalue weighted by Gasteiger charge is -2.39. The van der Waals surface area contributed by atoms with Crippen molar-refractivity contribution in [2.24, 2.45) is 5.73 Å². The molecule has 0 saturated carbocycles. The molecule has 0 spiro atoms. The fourth-order valence-corrected chi connectivity index (χ4v) is 2.80. The highest BCUT2D eigenvalue weighted by Gasteiger charge is 2.22. The topological polar surface area (TPSA) is 32.5 Å². The van der Waals surface area contributed by atoms with Gasteiger partial charge in [-0.15, -0.1) is 12.4 Å². The van der Waals surface area contributed by atoms with Crippen LogP contribution in [0.3, 0.4) is 0 Å². The molecule has 0 bridgehead atoms. The van der Waals surface area contributed by atoms with Gasteiger partial charge in [-0.2, -0.15) is 0 Å². The van der Waals surface area contributed by atoms with Crippen LogP contribution in [0.25, 0.3) is 0 Å². The van der Waals surface area contributed by atoms with Gasteiger partial charge in [-0.1, -0.05) is 12.1 Å². The van der Waals surface area contributed by atoms with E-state index in [1.807, 2.05) is 0 Å². The average molecular weight is 298 g/mol. The highest BCUT2D eigenvalue weighted by Crippen LogP contribution is 2.24. The van der Waals surface area contributed by atoms with Gasteiger partial charge in [0.25, 0.3) is 0 Å². The van der Waals surface area contributed by atoms with Crippen molar-refractivity contribution in [1.29, 1.82) is 0 Å². The van der Waals surface area contributed by atoms with Crippen LogP contribution in [-0.4, -0.2) is 43.2 Å². The molecule has 1 heterocycles. The molecule has 0 amide bonds. The zero-order chi connectivity index (χ0) is 14.0. The van der Waals surface area contributed by atoms with Gasteiger partial charge in [-0.3, -0.25) is 4.90 Å². The van der Waals surface area contributed by atoms with E-state index in [4.69, 9.17) is 5.73 Å². The molecule has 0 unspecified atom stereocenters. The molecule has 1 aromatic rings. The summed E-state index contributed by atoms with van der Waals surface area (Å²) in [5.74, 6) is 0. The Bertz CT molecular complexity index is 432. The fraction of sp³-hybridized carbons (Fsp3) is 0.625. The Morgan fingerprint density at radius 1 is 1.10 bits per heavy atom. The predicted octanol–water partition coefficient (Wildman–Crippen LogP) is 2.58. The number of hydrogen-bond acceptors (Lipinski definition) is 3. The normalized spacial score (nSPS) is 16.9. The van der Waals surface area contributed by atoms with E-state index in [0.29, 0.717) is 0 Å². The number of nitrogens with two attached hydrogens (primary N) is 1. The summed E-state index contributed by atoms with van der Waals surface area (Å²) in [6.07, 6.45) is 0. The van der Waals surface area contributed by atoms with Crippen LogP contribution < -0.4 is 10.6 Å². The Hall–Kier alpha value is -0.770. The summed E-state index contributed by atoms with van der Waals surface area (Å²) in [4.78, 5) is 4.98. The lowest BCUT2D eigenvalue weighted by molar-refractivity contribution is 0.214. The van der Waals surface area contributed by atoms with Gasteiger partial charge >= 0.3 is 0 Å². The Kier molecular flexibility index (Phi) is 5.87. The summed E-state index contributed by atoms with van der Waals surface area (Å²) in [6.45, 7) is 14.0. The van der Waals surface area contributed by atoms with Crippen molar-refractivity contribution in [2.45, 2.75) is 33.2 Å². The summed E-state index contributed by atoms with van der Waals surface area (Å²) >= 11 is 0. The number of nitrogens with zero attached hydrogens (tertiary/aromatic N) is 2. The van der Waals surface area contributed by atoms with Crippen molar-refractivity contribution in [3.05, 3.63) is 29.3 Å². The molecule has 0 aromatic heterocycles. The molecular weight excluding hydrogens is 270 g/mol. The number of piperazine rings is 1. The highest BCUT2D eigenvalue weighted by atomic mass is 35.5. The van der Waals surface area contributed by atoms with Crippen molar-refractivity contribution in [1.82, 2.24) is 4.90 Å². The van der Waals surface area contributed by atoms with Crippen LogP contribution in [0.15, 0.2) is 18.2 Å². The molecule has 2 N–H and O–H groups in total. The summed E-state index contributed by atoms with van der Waals surface area (Å²) in [6, 6.07) is 6.59. The van der Waals surface area contributed by atoms with Gasteiger partial charge in [-0.05, 0) is 44.9 Å². The second-order valence-corrected chi connectivity index (χ2v) is 6.47. The molecule has 4 heteroatoms. The maximum absolute atomic E-state index is 6.10. The van der Waals surface area contributed by atoms with Gasteiger partial charge < -0.3 is 10.6 Å². The predicted molar refractivity (Wildman–Crippen MR) is 90.1 cm³/mol. The van der Waals surface area contributed by atoms with E-state index >= 15 is 0 Å². The molecule has 1 aliphatic rings. The Morgan fingerprint density at radius 3 is 2.25 bits per heavy atom. The van der Waals surface area contributed by atoms with Gasteiger partial charge in [0.05, 0.1) is 0 Å². The molecule has 114 valence electrons. The second kappa shape index (κ2) is 6.79. The zero-order valence-electron chi connectivity index (χ0n) is 13.1. The fourth-order valence-electron chi connectivity index (χ4n) is 2.80. The zero-order valence-corrected chi connectivity index (χ0v) is 14.0. The maximum Gasteiger partial charge on any atom is 0.0399 e. The third kappa shape index (κ3) is 4.37. The summed E-state index contributed by atoms with van der Waals surface area (Å²) < 4.78 is 0. The Morgan fingerprint density at radius 2 is 1.70 bits per heavy atom. The lowest BCUT2D eigenvalue weighted by Crippen LogP contribution is -2.53. The molecule has 1 saturated heterocycles. The Balaban J connectivity index is 0.00000200. The number of halogens is 1. The smallest absolute Gasteiger partial charge is 0.0399 e. The maximum atomic E-state index is 6.10. The first kappa shape index (κ1) is 17.3. The third-order valence-electron chi connectivity index (χ3n) is 3.92. The molecular formula is C16H28ClN3. The molecule has 0 atom stereocenters. The molecule has 0 aliphatic carbocycles. The molecule has 1 aromatic carbocycles. The highest BCUT2D eigenvalue weighted by molar-refractivity contribution is 5.85. The van der Waals surface area contributed by atoms with Gasteiger partial charge in [0.2, 0.25) is 0 Å². The monoisotopic (exact) mass is 297 g/mol.